The van der Waals surface area contributed by atoms with E-state index in [0.29, 0.717) is 12.0 Å². The second-order valence-electron chi connectivity index (χ2n) is 9.95. The number of para-hydroxylation sites is 1. The van der Waals surface area contributed by atoms with Gasteiger partial charge in [0.2, 0.25) is 0 Å². The van der Waals surface area contributed by atoms with Crippen LogP contribution in [0.25, 0.3) is 21.9 Å². The fourth-order valence-corrected chi connectivity index (χ4v) is 5.07. The number of fused-ring (bicyclic) bond motifs is 2. The second-order valence-corrected chi connectivity index (χ2v) is 9.95. The third-order valence-electron chi connectivity index (χ3n) is 6.91. The van der Waals surface area contributed by atoms with Crippen molar-refractivity contribution in [1.82, 2.24) is 0 Å². The van der Waals surface area contributed by atoms with E-state index < -0.39 is 0 Å². The number of benzene rings is 3. The summed E-state index contributed by atoms with van der Waals surface area (Å²) in [4.78, 5) is 2.39. The molecule has 1 aliphatic heterocycles. The molecular weight excluding hydrogens is 566 g/mol. The van der Waals surface area contributed by atoms with Crippen LogP contribution in [0.1, 0.15) is 31.9 Å². The van der Waals surface area contributed by atoms with Gasteiger partial charge in [-0.2, -0.15) is 6.07 Å². The first-order chi connectivity index (χ1) is 17.9. The van der Waals surface area contributed by atoms with Crippen LogP contribution in [0.2, 0.25) is 0 Å². The predicted molar refractivity (Wildman–Crippen MR) is 169 cm³/mol. The Morgan fingerprint density at radius 2 is 1.51 bits per heavy atom. The van der Waals surface area contributed by atoms with Gasteiger partial charge in [-0.25, -0.2) is 0 Å². The predicted octanol–water partition coefficient (Wildman–Crippen LogP) is 9.46. The number of anilines is 1. The number of rotatable bonds is 3. The van der Waals surface area contributed by atoms with Gasteiger partial charge in [-0.1, -0.05) is 93.6 Å². The van der Waals surface area contributed by atoms with Crippen LogP contribution in [0.5, 0.6) is 0 Å². The summed E-state index contributed by atoms with van der Waals surface area (Å²) in [6, 6.07) is 30.6. The van der Waals surface area contributed by atoms with E-state index in [1.54, 1.807) is 0 Å². The van der Waals surface area contributed by atoms with Gasteiger partial charge in [0.1, 0.15) is 0 Å². The SMILES string of the molecule is CC(C)C1=[C-]C2=CC(C)N(c3ccccc3)C2=C1.Cc1cc2c(-c3ccccc3)ccc(C)c2[cH-]1.[CH3-].[CH3-].[Si]=[Zr]. The second kappa shape index (κ2) is 14.7. The number of allylic oxidation sites excluding steroid dienone is 3. The molecule has 4 aromatic carbocycles. The van der Waals surface area contributed by atoms with E-state index >= 15 is 0 Å². The zero-order chi connectivity index (χ0) is 26.5. The topological polar surface area (TPSA) is 3.24 Å². The van der Waals surface area contributed by atoms with E-state index in [2.05, 4.69) is 150 Å². The molecule has 6 rings (SSSR count). The van der Waals surface area contributed by atoms with Gasteiger partial charge in [0, 0.05) is 11.7 Å². The summed E-state index contributed by atoms with van der Waals surface area (Å²) in [5.74, 6) is 0.539. The Hall–Kier alpha value is -2.61. The van der Waals surface area contributed by atoms with Crippen molar-refractivity contribution < 1.29 is 23.3 Å². The quantitative estimate of drug-likeness (QED) is 0.166. The maximum atomic E-state index is 3.53. The summed E-state index contributed by atoms with van der Waals surface area (Å²) in [7, 11) is 0. The van der Waals surface area contributed by atoms with Crippen LogP contribution >= 0.6 is 0 Å². The molecular formula is C36H39NSiZr-4. The molecule has 0 N–H and O–H groups in total. The van der Waals surface area contributed by atoms with Crippen molar-refractivity contribution in [2.75, 3.05) is 4.90 Å². The molecule has 1 aliphatic carbocycles. The third-order valence-corrected chi connectivity index (χ3v) is 6.91. The van der Waals surface area contributed by atoms with Crippen LogP contribution in [-0.4, -0.2) is 12.9 Å². The average Bonchev–Trinajstić information content (AvgIpc) is 3.59. The molecule has 1 nitrogen and oxygen atoms in total. The molecule has 200 valence electrons. The molecule has 0 saturated carbocycles. The van der Waals surface area contributed by atoms with Crippen LogP contribution in [0.15, 0.2) is 114 Å². The Labute approximate surface area is 253 Å². The first-order valence-electron chi connectivity index (χ1n) is 12.8. The van der Waals surface area contributed by atoms with Gasteiger partial charge in [-0.15, -0.1) is 63.4 Å². The van der Waals surface area contributed by atoms with Crippen LogP contribution in [0, 0.1) is 40.7 Å². The van der Waals surface area contributed by atoms with Crippen molar-refractivity contribution in [2.45, 2.75) is 40.7 Å². The van der Waals surface area contributed by atoms with Gasteiger partial charge in [0.25, 0.3) is 0 Å². The van der Waals surface area contributed by atoms with E-state index in [1.807, 2.05) is 0 Å². The summed E-state index contributed by atoms with van der Waals surface area (Å²) in [5.41, 5.74) is 10.5. The van der Waals surface area contributed by atoms with E-state index in [9.17, 15) is 0 Å². The van der Waals surface area contributed by atoms with Crippen molar-refractivity contribution in [3.05, 3.63) is 146 Å². The molecule has 1 unspecified atom stereocenters. The maximum absolute atomic E-state index is 3.53. The Balaban J connectivity index is 0.000000246. The summed E-state index contributed by atoms with van der Waals surface area (Å²) in [6.45, 7) is 14.1. The van der Waals surface area contributed by atoms with Gasteiger partial charge in [-0.05, 0) is 30.5 Å². The molecule has 3 heteroatoms. The summed E-state index contributed by atoms with van der Waals surface area (Å²) < 4.78 is 0. The number of hydrogen-bond acceptors (Lipinski definition) is 1. The van der Waals surface area contributed by atoms with Gasteiger partial charge in [0.05, 0.1) is 0 Å². The zero-order valence-electron chi connectivity index (χ0n) is 24.3. The third kappa shape index (κ3) is 7.13. The fourth-order valence-electron chi connectivity index (χ4n) is 5.07. The number of aryl methyl sites for hydroxylation is 2. The molecule has 0 spiro atoms. The molecule has 2 radical (unpaired) electrons. The first kappa shape index (κ1) is 32.6. The van der Waals surface area contributed by atoms with Crippen LogP contribution in [0.4, 0.5) is 5.69 Å². The number of hydrogen-bond donors (Lipinski definition) is 0. The minimum absolute atomic E-state index is 0. The molecule has 2 aliphatic rings. The molecule has 0 fully saturated rings. The molecule has 0 bridgehead atoms. The van der Waals surface area contributed by atoms with E-state index in [1.165, 1.54) is 78.9 Å². The van der Waals surface area contributed by atoms with Crippen molar-refractivity contribution in [3.63, 3.8) is 0 Å². The van der Waals surface area contributed by atoms with Crippen molar-refractivity contribution in [2.24, 2.45) is 5.92 Å². The molecule has 4 aromatic rings. The van der Waals surface area contributed by atoms with E-state index in [4.69, 9.17) is 0 Å². The van der Waals surface area contributed by atoms with Crippen LogP contribution in [0.3, 0.4) is 0 Å². The Kier molecular flexibility index (Phi) is 12.3. The molecule has 1 heterocycles. The summed E-state index contributed by atoms with van der Waals surface area (Å²) in [6.07, 6.45) is 8.11. The van der Waals surface area contributed by atoms with Crippen molar-refractivity contribution in [1.29, 1.82) is 0 Å². The Morgan fingerprint density at radius 3 is 2.13 bits per heavy atom. The van der Waals surface area contributed by atoms with Crippen LogP contribution < -0.4 is 4.90 Å². The summed E-state index contributed by atoms with van der Waals surface area (Å²) in [5, 5.41) is 2.75. The Morgan fingerprint density at radius 1 is 0.897 bits per heavy atom. The van der Waals surface area contributed by atoms with Gasteiger partial charge in [-0.3, -0.25) is 0 Å². The molecule has 0 aromatic heterocycles. The average molecular weight is 605 g/mol. The normalized spacial score (nSPS) is 14.9. The number of nitrogens with zero attached hydrogens (tertiary/aromatic N) is 1. The first-order valence-corrected chi connectivity index (χ1v) is 17.0. The standard InChI is InChI=1S/C17H18N.C17H15.2CH3.Si.Zr/c1-12(2)14-10-15-9-13(3)18(17(15)11-14)16-7-5-4-6-8-16;1-12-10-16-13(2)8-9-15(17(16)11-12)14-6-4-3-5-7-14;;;;/h4-9,11-13H,1-3H3;3-11H,1-2H3;2*1H3;;/q4*-1;;. The van der Waals surface area contributed by atoms with E-state index in [0.717, 1.165) is 0 Å². The van der Waals surface area contributed by atoms with Crippen LogP contribution in [-0.2, 0) is 23.3 Å². The summed E-state index contributed by atoms with van der Waals surface area (Å²) >= 11 is 1.36. The zero-order valence-corrected chi connectivity index (χ0v) is 27.8. The van der Waals surface area contributed by atoms with Crippen molar-refractivity contribution >= 4 is 23.3 Å². The molecule has 0 saturated heterocycles. The fraction of sp³-hybridized carbons (Fsp3) is 0.194. The Bertz CT molecular complexity index is 1460. The van der Waals surface area contributed by atoms with E-state index in [-0.39, 0.29) is 14.9 Å². The van der Waals surface area contributed by atoms with Gasteiger partial charge in [0.15, 0.2) is 0 Å². The van der Waals surface area contributed by atoms with Gasteiger partial charge >= 0.3 is 30.2 Å². The molecule has 1 atom stereocenters. The van der Waals surface area contributed by atoms with Gasteiger partial charge < -0.3 is 19.8 Å². The minimum atomic E-state index is 0. The molecule has 0 amide bonds. The monoisotopic (exact) mass is 603 g/mol. The molecule has 39 heavy (non-hydrogen) atoms. The van der Waals surface area contributed by atoms with Crippen molar-refractivity contribution in [3.8, 4) is 11.1 Å².